The van der Waals surface area contributed by atoms with Gasteiger partial charge in [-0.2, -0.15) is 0 Å². The van der Waals surface area contributed by atoms with Crippen molar-refractivity contribution in [2.24, 2.45) is 0 Å². The highest BCUT2D eigenvalue weighted by molar-refractivity contribution is 7.91. The Bertz CT molecular complexity index is 484. The van der Waals surface area contributed by atoms with E-state index < -0.39 is 28.4 Å². The van der Waals surface area contributed by atoms with Gasteiger partial charge in [-0.25, -0.2) is 13.2 Å². The van der Waals surface area contributed by atoms with Crippen LogP contribution >= 0.6 is 0 Å². The summed E-state index contributed by atoms with van der Waals surface area (Å²) in [5.41, 5.74) is 0. The number of hydrogen-bond donors (Lipinski definition) is 1. The van der Waals surface area contributed by atoms with Gasteiger partial charge >= 0.3 is 12.0 Å². The lowest BCUT2D eigenvalue weighted by molar-refractivity contribution is -0.138. The molecule has 2 aliphatic heterocycles. The van der Waals surface area contributed by atoms with Gasteiger partial charge in [0.1, 0.15) is 6.54 Å². The summed E-state index contributed by atoms with van der Waals surface area (Å²) in [6, 6.07) is -0.847. The van der Waals surface area contributed by atoms with Gasteiger partial charge in [-0.3, -0.25) is 4.79 Å². The highest BCUT2D eigenvalue weighted by Gasteiger charge is 2.37. The smallest absolute Gasteiger partial charge is 0.323 e. The number of hydrogen-bond acceptors (Lipinski definition) is 4. The summed E-state index contributed by atoms with van der Waals surface area (Å²) in [5.74, 6) is -1.21. The second-order valence-electron chi connectivity index (χ2n) is 5.41. The maximum Gasteiger partial charge on any atom is 0.323 e. The Labute approximate surface area is 118 Å². The maximum atomic E-state index is 12.4. The Balaban J connectivity index is 2.10. The Hall–Kier alpha value is -1.31. The second-order valence-corrected chi connectivity index (χ2v) is 7.64. The number of amides is 2. The van der Waals surface area contributed by atoms with E-state index in [4.69, 9.17) is 5.11 Å². The minimum absolute atomic E-state index is 0.0288. The molecule has 1 N–H and O–H groups in total. The second kappa shape index (κ2) is 5.99. The van der Waals surface area contributed by atoms with Crippen LogP contribution in [0.15, 0.2) is 0 Å². The number of carbonyl (C=O) groups is 2. The molecule has 1 unspecified atom stereocenters. The van der Waals surface area contributed by atoms with Gasteiger partial charge in [-0.05, 0) is 25.7 Å². The molecular weight excluding hydrogens is 284 g/mol. The number of sulfone groups is 1. The van der Waals surface area contributed by atoms with E-state index in [-0.39, 0.29) is 17.5 Å². The molecule has 1 atom stereocenters. The van der Waals surface area contributed by atoms with Crippen LogP contribution in [0.3, 0.4) is 0 Å². The fourth-order valence-corrected chi connectivity index (χ4v) is 4.52. The molecule has 2 saturated heterocycles. The third-order valence-corrected chi connectivity index (χ3v) is 5.58. The van der Waals surface area contributed by atoms with Gasteiger partial charge in [-0.1, -0.05) is 0 Å². The molecule has 8 heteroatoms. The van der Waals surface area contributed by atoms with Crippen LogP contribution in [0.4, 0.5) is 4.79 Å². The number of rotatable bonds is 3. The molecular formula is C12H20N2O5S. The summed E-state index contributed by atoms with van der Waals surface area (Å²) in [5, 5.41) is 8.96. The van der Waals surface area contributed by atoms with Crippen LogP contribution in [0.1, 0.15) is 25.7 Å². The molecule has 0 bridgehead atoms. The predicted octanol–water partition coefficient (Wildman–Crippen LogP) is 0.166. The first-order chi connectivity index (χ1) is 9.39. The number of piperidine rings is 1. The van der Waals surface area contributed by atoms with Crippen LogP contribution < -0.4 is 0 Å². The number of carboxylic acid groups (broad SMARTS) is 1. The number of nitrogens with zero attached hydrogens (tertiary/aromatic N) is 2. The van der Waals surface area contributed by atoms with E-state index in [0.29, 0.717) is 19.5 Å². The lowest BCUT2D eigenvalue weighted by Crippen LogP contribution is -2.51. The van der Waals surface area contributed by atoms with Crippen molar-refractivity contribution in [1.82, 2.24) is 9.80 Å². The van der Waals surface area contributed by atoms with Gasteiger partial charge in [0.05, 0.1) is 11.5 Å². The molecule has 7 nitrogen and oxygen atoms in total. The standard InChI is InChI=1S/C12H20N2O5S/c15-11(16)8-14(10-4-7-20(18,19)9-10)12(17)13-5-2-1-3-6-13/h10H,1-9H2,(H,15,16). The molecule has 0 saturated carbocycles. The van der Waals surface area contributed by atoms with Crippen molar-refractivity contribution in [2.45, 2.75) is 31.7 Å². The van der Waals surface area contributed by atoms with Gasteiger partial charge in [-0.15, -0.1) is 0 Å². The van der Waals surface area contributed by atoms with Crippen LogP contribution in [0.25, 0.3) is 0 Å². The third-order valence-electron chi connectivity index (χ3n) is 3.83. The van der Waals surface area contributed by atoms with E-state index in [1.54, 1.807) is 4.90 Å². The van der Waals surface area contributed by atoms with Gasteiger partial charge < -0.3 is 14.9 Å². The molecule has 0 radical (unpaired) electrons. The van der Waals surface area contributed by atoms with Crippen molar-refractivity contribution in [3.8, 4) is 0 Å². The van der Waals surface area contributed by atoms with Crippen molar-refractivity contribution in [2.75, 3.05) is 31.1 Å². The largest absolute Gasteiger partial charge is 0.480 e. The number of aliphatic carboxylic acids is 1. The molecule has 0 aromatic carbocycles. The van der Waals surface area contributed by atoms with Gasteiger partial charge in [0.15, 0.2) is 9.84 Å². The summed E-state index contributed by atoms with van der Waals surface area (Å²) in [4.78, 5) is 26.2. The molecule has 0 aromatic heterocycles. The van der Waals surface area contributed by atoms with Crippen LogP contribution in [0.2, 0.25) is 0 Å². The average molecular weight is 304 g/mol. The monoisotopic (exact) mass is 304 g/mol. The topological polar surface area (TPSA) is 95.0 Å². The lowest BCUT2D eigenvalue weighted by atomic mass is 10.1. The quantitative estimate of drug-likeness (QED) is 0.801. The summed E-state index contributed by atoms with van der Waals surface area (Å²) in [7, 11) is -3.15. The van der Waals surface area contributed by atoms with Crippen LogP contribution in [0, 0.1) is 0 Å². The predicted molar refractivity (Wildman–Crippen MR) is 72.2 cm³/mol. The molecule has 20 heavy (non-hydrogen) atoms. The van der Waals surface area contributed by atoms with E-state index in [9.17, 15) is 18.0 Å². The summed E-state index contributed by atoms with van der Waals surface area (Å²) in [6.07, 6.45) is 3.22. The first kappa shape index (κ1) is 15.1. The van der Waals surface area contributed by atoms with Gasteiger partial charge in [0.25, 0.3) is 0 Å². The Kier molecular flexibility index (Phi) is 4.52. The Morgan fingerprint density at radius 1 is 1.20 bits per heavy atom. The van der Waals surface area contributed by atoms with Crippen molar-refractivity contribution in [3.63, 3.8) is 0 Å². The minimum Gasteiger partial charge on any atom is -0.480 e. The van der Waals surface area contributed by atoms with Crippen molar-refractivity contribution in [1.29, 1.82) is 0 Å². The van der Waals surface area contributed by atoms with Crippen molar-refractivity contribution in [3.05, 3.63) is 0 Å². The van der Waals surface area contributed by atoms with Crippen LogP contribution in [0.5, 0.6) is 0 Å². The summed E-state index contributed by atoms with van der Waals surface area (Å²) < 4.78 is 23.1. The van der Waals surface area contributed by atoms with Gasteiger partial charge in [0.2, 0.25) is 0 Å². The van der Waals surface area contributed by atoms with E-state index in [1.807, 2.05) is 0 Å². The molecule has 2 aliphatic rings. The van der Waals surface area contributed by atoms with E-state index in [2.05, 4.69) is 0 Å². The van der Waals surface area contributed by atoms with E-state index in [1.165, 1.54) is 4.90 Å². The molecule has 2 heterocycles. The summed E-state index contributed by atoms with van der Waals surface area (Å²) >= 11 is 0. The first-order valence-corrected chi connectivity index (χ1v) is 8.69. The average Bonchev–Trinajstić information content (AvgIpc) is 2.76. The number of carboxylic acids is 1. The Morgan fingerprint density at radius 2 is 1.85 bits per heavy atom. The minimum atomic E-state index is -3.15. The number of urea groups is 1. The van der Waals surface area contributed by atoms with Crippen LogP contribution in [-0.4, -0.2) is 72.5 Å². The zero-order chi connectivity index (χ0) is 14.8. The molecule has 0 aliphatic carbocycles. The first-order valence-electron chi connectivity index (χ1n) is 6.87. The molecule has 2 fully saturated rings. The Morgan fingerprint density at radius 3 is 2.35 bits per heavy atom. The SMILES string of the molecule is O=C(O)CN(C(=O)N1CCCCC1)C1CCS(=O)(=O)C1. The van der Waals surface area contributed by atoms with Crippen molar-refractivity contribution >= 4 is 21.8 Å². The highest BCUT2D eigenvalue weighted by Crippen LogP contribution is 2.20. The van der Waals surface area contributed by atoms with Crippen LogP contribution in [-0.2, 0) is 14.6 Å². The van der Waals surface area contributed by atoms with Crippen molar-refractivity contribution < 1.29 is 23.1 Å². The molecule has 0 spiro atoms. The lowest BCUT2D eigenvalue weighted by Gasteiger charge is -2.35. The summed E-state index contributed by atoms with van der Waals surface area (Å²) in [6.45, 7) is 0.804. The third kappa shape index (κ3) is 3.62. The maximum absolute atomic E-state index is 12.4. The molecule has 114 valence electrons. The highest BCUT2D eigenvalue weighted by atomic mass is 32.2. The van der Waals surface area contributed by atoms with Gasteiger partial charge in [0, 0.05) is 19.1 Å². The normalized spacial score (nSPS) is 25.4. The van der Waals surface area contributed by atoms with E-state index in [0.717, 1.165) is 19.3 Å². The molecule has 2 rings (SSSR count). The number of likely N-dealkylation sites (tertiary alicyclic amines) is 1. The molecule has 2 amide bonds. The fourth-order valence-electron chi connectivity index (χ4n) is 2.79. The number of carbonyl (C=O) groups excluding carboxylic acids is 1. The zero-order valence-electron chi connectivity index (χ0n) is 11.3. The molecule has 0 aromatic rings. The van der Waals surface area contributed by atoms with E-state index >= 15 is 0 Å². The zero-order valence-corrected chi connectivity index (χ0v) is 12.1. The fraction of sp³-hybridized carbons (Fsp3) is 0.833.